The molecule has 1 aliphatic rings. The molecule has 1 aromatic rings. The van der Waals surface area contributed by atoms with Crippen LogP contribution in [0.3, 0.4) is 0 Å². The Hall–Kier alpha value is -1.86. The number of quaternary nitrogens is 1. The van der Waals surface area contributed by atoms with Crippen molar-refractivity contribution in [2.24, 2.45) is 0 Å². The van der Waals surface area contributed by atoms with E-state index >= 15 is 0 Å². The van der Waals surface area contributed by atoms with E-state index in [2.05, 4.69) is 22.5 Å². The lowest BCUT2D eigenvalue weighted by Gasteiger charge is -2.31. The maximum atomic E-state index is 11.0. The number of aliphatic hydroxyl groups is 1. The molecule has 1 fully saturated rings. The van der Waals surface area contributed by atoms with E-state index in [1.54, 1.807) is 12.1 Å². The molecular weight excluding hydrogens is 260 g/mol. The molecule has 0 amide bonds. The van der Waals surface area contributed by atoms with Gasteiger partial charge in [0.25, 0.3) is 5.69 Å². The number of hydrogen-bond acceptors (Lipinski definition) is 5. The molecule has 110 valence electrons. The number of nitro benzene ring substituents is 1. The smallest absolute Gasteiger partial charge is 0.292 e. The fourth-order valence-corrected chi connectivity index (χ4v) is 2.47. The molecule has 0 radical (unpaired) electrons. The van der Waals surface area contributed by atoms with Gasteiger partial charge in [-0.25, -0.2) is 0 Å². The lowest BCUT2D eigenvalue weighted by Crippen LogP contribution is -2.94. The Balaban J connectivity index is 2.23. The zero-order valence-electron chi connectivity index (χ0n) is 11.6. The number of nitrogens with one attached hydrogen (secondary N) is 1. The molecule has 1 atom stereocenters. The number of anilines is 2. The van der Waals surface area contributed by atoms with Crippen molar-refractivity contribution >= 4 is 17.1 Å². The molecule has 1 aliphatic heterocycles. The standard InChI is InChI=1S/C13H20N4O3/c1-10-9-16(6-4-14-10)11-2-3-13(17(19)20)12(8-11)15-5-7-18/h2-3,8,10,14-15,18H,4-7,9H2,1H3/p+1/t10-/m0/s1. The first kappa shape index (κ1) is 14.5. The Morgan fingerprint density at radius 3 is 3.05 bits per heavy atom. The van der Waals surface area contributed by atoms with Gasteiger partial charge in [0.2, 0.25) is 0 Å². The second-order valence-electron chi connectivity index (χ2n) is 5.06. The molecule has 0 aromatic heterocycles. The van der Waals surface area contributed by atoms with Crippen molar-refractivity contribution in [1.29, 1.82) is 0 Å². The summed E-state index contributed by atoms with van der Waals surface area (Å²) in [5, 5.41) is 25.1. The first-order chi connectivity index (χ1) is 9.61. The number of aliphatic hydroxyl groups excluding tert-OH is 1. The number of benzene rings is 1. The summed E-state index contributed by atoms with van der Waals surface area (Å²) in [4.78, 5) is 12.8. The van der Waals surface area contributed by atoms with Crippen molar-refractivity contribution in [2.75, 3.05) is 43.0 Å². The normalized spacial score (nSPS) is 18.9. The third-order valence-electron chi connectivity index (χ3n) is 3.45. The van der Waals surface area contributed by atoms with Crippen molar-refractivity contribution in [3.8, 4) is 0 Å². The van der Waals surface area contributed by atoms with Gasteiger partial charge in [0.05, 0.1) is 31.2 Å². The topological polar surface area (TPSA) is 95.2 Å². The van der Waals surface area contributed by atoms with Crippen LogP contribution in [-0.4, -0.2) is 48.9 Å². The fourth-order valence-electron chi connectivity index (χ4n) is 2.47. The van der Waals surface area contributed by atoms with Crippen molar-refractivity contribution in [3.05, 3.63) is 28.3 Å². The Morgan fingerprint density at radius 1 is 1.60 bits per heavy atom. The molecule has 0 saturated carbocycles. The van der Waals surface area contributed by atoms with Crippen LogP contribution in [0.1, 0.15) is 6.92 Å². The first-order valence-electron chi connectivity index (χ1n) is 6.83. The van der Waals surface area contributed by atoms with Gasteiger partial charge in [0.15, 0.2) is 0 Å². The summed E-state index contributed by atoms with van der Waals surface area (Å²) in [5.74, 6) is 0. The highest BCUT2D eigenvalue weighted by Gasteiger charge is 2.21. The largest absolute Gasteiger partial charge is 0.395 e. The van der Waals surface area contributed by atoms with Crippen LogP contribution in [0.15, 0.2) is 18.2 Å². The highest BCUT2D eigenvalue weighted by atomic mass is 16.6. The first-order valence-corrected chi connectivity index (χ1v) is 6.83. The molecule has 1 aromatic carbocycles. The molecule has 4 N–H and O–H groups in total. The molecule has 1 heterocycles. The minimum atomic E-state index is -0.407. The molecule has 20 heavy (non-hydrogen) atoms. The third kappa shape index (κ3) is 3.37. The number of nitrogens with two attached hydrogens (primary N) is 1. The van der Waals surface area contributed by atoms with Gasteiger partial charge in [-0.2, -0.15) is 0 Å². The average molecular weight is 281 g/mol. The van der Waals surface area contributed by atoms with Gasteiger partial charge in [-0.1, -0.05) is 0 Å². The van der Waals surface area contributed by atoms with E-state index < -0.39 is 4.92 Å². The summed E-state index contributed by atoms with van der Waals surface area (Å²) < 4.78 is 0. The highest BCUT2D eigenvalue weighted by Crippen LogP contribution is 2.29. The molecular formula is C13H21N4O3+. The second kappa shape index (κ2) is 6.53. The predicted molar refractivity (Wildman–Crippen MR) is 77.1 cm³/mol. The van der Waals surface area contributed by atoms with Crippen LogP contribution in [0.25, 0.3) is 0 Å². The summed E-state index contributed by atoms with van der Waals surface area (Å²) in [6.07, 6.45) is 0. The molecule has 0 spiro atoms. The molecule has 7 heteroatoms. The number of rotatable bonds is 5. The zero-order valence-corrected chi connectivity index (χ0v) is 11.6. The van der Waals surface area contributed by atoms with Crippen molar-refractivity contribution in [2.45, 2.75) is 13.0 Å². The number of hydrogen-bond donors (Lipinski definition) is 3. The molecule has 0 bridgehead atoms. The number of nitro groups is 1. The molecule has 1 saturated heterocycles. The van der Waals surface area contributed by atoms with Crippen molar-refractivity contribution in [3.63, 3.8) is 0 Å². The van der Waals surface area contributed by atoms with Gasteiger partial charge in [-0.15, -0.1) is 0 Å². The minimum absolute atomic E-state index is 0.0406. The summed E-state index contributed by atoms with van der Waals surface area (Å²) in [6, 6.07) is 5.64. The van der Waals surface area contributed by atoms with Gasteiger partial charge in [0.1, 0.15) is 11.7 Å². The second-order valence-corrected chi connectivity index (χ2v) is 5.06. The van der Waals surface area contributed by atoms with Gasteiger partial charge < -0.3 is 20.6 Å². The fraction of sp³-hybridized carbons (Fsp3) is 0.538. The van der Waals surface area contributed by atoms with Crippen molar-refractivity contribution < 1.29 is 15.3 Å². The Morgan fingerprint density at radius 2 is 2.40 bits per heavy atom. The monoisotopic (exact) mass is 281 g/mol. The SMILES string of the molecule is C[C@H]1CN(c2ccc([N+](=O)[O-])c(NCCO)c2)CC[NH2+]1. The van der Waals surface area contributed by atoms with E-state index in [1.165, 1.54) is 6.07 Å². The summed E-state index contributed by atoms with van der Waals surface area (Å²) in [7, 11) is 0. The van der Waals surface area contributed by atoms with E-state index in [4.69, 9.17) is 5.11 Å². The number of nitrogens with zero attached hydrogens (tertiary/aromatic N) is 2. The molecule has 7 nitrogen and oxygen atoms in total. The summed E-state index contributed by atoms with van der Waals surface area (Å²) in [5.41, 5.74) is 1.48. The third-order valence-corrected chi connectivity index (χ3v) is 3.45. The Labute approximate surface area is 117 Å². The van der Waals surface area contributed by atoms with Crippen molar-refractivity contribution in [1.82, 2.24) is 0 Å². The average Bonchev–Trinajstić information content (AvgIpc) is 2.44. The Bertz CT molecular complexity index is 481. The Kier molecular flexibility index (Phi) is 4.75. The summed E-state index contributed by atoms with van der Waals surface area (Å²) >= 11 is 0. The molecule has 0 aliphatic carbocycles. The van der Waals surface area contributed by atoms with Gasteiger partial charge in [-0.05, 0) is 19.1 Å². The van der Waals surface area contributed by atoms with E-state index in [-0.39, 0.29) is 12.3 Å². The maximum Gasteiger partial charge on any atom is 0.292 e. The maximum absolute atomic E-state index is 11.0. The van der Waals surface area contributed by atoms with Gasteiger partial charge >= 0.3 is 0 Å². The predicted octanol–water partition coefficient (Wildman–Crippen LogP) is -0.229. The lowest BCUT2D eigenvalue weighted by atomic mass is 10.1. The van der Waals surface area contributed by atoms with E-state index in [0.29, 0.717) is 18.3 Å². The zero-order chi connectivity index (χ0) is 14.5. The van der Waals surface area contributed by atoms with Gasteiger partial charge in [0, 0.05) is 18.3 Å². The molecule has 2 rings (SSSR count). The van der Waals surface area contributed by atoms with E-state index in [9.17, 15) is 10.1 Å². The van der Waals surface area contributed by atoms with Crippen LogP contribution in [0.5, 0.6) is 0 Å². The van der Waals surface area contributed by atoms with Gasteiger partial charge in [-0.3, -0.25) is 10.1 Å². The van der Waals surface area contributed by atoms with Crippen LogP contribution >= 0.6 is 0 Å². The van der Waals surface area contributed by atoms with Crippen LogP contribution in [0, 0.1) is 10.1 Å². The highest BCUT2D eigenvalue weighted by molar-refractivity contribution is 5.69. The van der Waals surface area contributed by atoms with Crippen LogP contribution in [0.4, 0.5) is 17.1 Å². The number of piperazine rings is 1. The van der Waals surface area contributed by atoms with Crippen LogP contribution in [0.2, 0.25) is 0 Å². The van der Waals surface area contributed by atoms with Crippen LogP contribution < -0.4 is 15.5 Å². The minimum Gasteiger partial charge on any atom is -0.395 e. The van der Waals surface area contributed by atoms with E-state index in [0.717, 1.165) is 25.3 Å². The molecule has 0 unspecified atom stereocenters. The lowest BCUT2D eigenvalue weighted by molar-refractivity contribution is -0.687. The van der Waals surface area contributed by atoms with Crippen LogP contribution in [-0.2, 0) is 0 Å². The van der Waals surface area contributed by atoms with E-state index in [1.807, 2.05) is 0 Å². The quantitative estimate of drug-likeness (QED) is 0.512. The summed E-state index contributed by atoms with van der Waals surface area (Å²) in [6.45, 7) is 5.30.